The van der Waals surface area contributed by atoms with E-state index in [-0.39, 0.29) is 35.6 Å². The summed E-state index contributed by atoms with van der Waals surface area (Å²) in [6.07, 6.45) is 8.28. The molecule has 7 rings (SSSR count). The van der Waals surface area contributed by atoms with Crippen molar-refractivity contribution in [3.05, 3.63) is 161 Å². The Bertz CT molecular complexity index is 1490. The topological polar surface area (TPSA) is 0 Å². The van der Waals surface area contributed by atoms with E-state index in [1.807, 2.05) is 30.3 Å². The standard InChI is InChI=1S/C31H29.C6H10.C5H5.2ClH.Zr/c1-30(2,24-11-7-5-8-12-24)26-15-17-28-22(20-26)19-23-21-27(16-18-29(23)28)31(3,4)25-13-9-6-10-14-25;1-2-4-6-5-3-1;1-2-4-5-3-1;;;/h5-18,20H,19H2,1-4H3;1-5H2;1-5H;2*1H;/q-1;;-1;;;+2/p-2. The zero-order chi connectivity index (χ0) is 30.3. The van der Waals surface area contributed by atoms with E-state index < -0.39 is 0 Å². The third-order valence-electron chi connectivity index (χ3n) is 9.19. The van der Waals surface area contributed by atoms with Crippen molar-refractivity contribution in [3.63, 3.8) is 0 Å². The van der Waals surface area contributed by atoms with Crippen LogP contribution in [0.4, 0.5) is 0 Å². The van der Waals surface area contributed by atoms with Gasteiger partial charge in [0, 0.05) is 5.41 Å². The van der Waals surface area contributed by atoms with Crippen LogP contribution in [0, 0.1) is 6.07 Å². The van der Waals surface area contributed by atoms with E-state index in [2.05, 4.69) is 125 Å². The van der Waals surface area contributed by atoms with Gasteiger partial charge in [-0.05, 0) is 34.1 Å². The van der Waals surface area contributed by atoms with Gasteiger partial charge >= 0.3 is 59.5 Å². The van der Waals surface area contributed by atoms with Crippen molar-refractivity contribution >= 4 is 3.21 Å². The van der Waals surface area contributed by atoms with Gasteiger partial charge in [0.1, 0.15) is 0 Å². The summed E-state index contributed by atoms with van der Waals surface area (Å²) in [5, 5.41) is 0. The van der Waals surface area contributed by atoms with Crippen LogP contribution in [0.3, 0.4) is 0 Å². The molecule has 1 fully saturated rings. The number of hydrogen-bond acceptors (Lipinski definition) is 0. The van der Waals surface area contributed by atoms with Crippen LogP contribution in [-0.4, -0.2) is 3.21 Å². The Morgan fingerprint density at radius 3 is 1.67 bits per heavy atom. The van der Waals surface area contributed by atoms with Gasteiger partial charge < -0.3 is 24.8 Å². The van der Waals surface area contributed by atoms with Gasteiger partial charge in [-0.2, -0.15) is 42.0 Å². The van der Waals surface area contributed by atoms with Crippen LogP contribution < -0.4 is 24.8 Å². The number of halogens is 2. The van der Waals surface area contributed by atoms with Gasteiger partial charge in [-0.25, -0.2) is 12.1 Å². The third-order valence-corrected chi connectivity index (χ3v) is 10.4. The van der Waals surface area contributed by atoms with Crippen LogP contribution in [0.1, 0.15) is 93.2 Å². The van der Waals surface area contributed by atoms with Crippen LogP contribution >= 0.6 is 0 Å². The first kappa shape index (κ1) is 37.0. The molecule has 0 spiro atoms. The van der Waals surface area contributed by atoms with Crippen molar-refractivity contribution in [1.82, 2.24) is 0 Å². The number of hydrogen-bond donors (Lipinski definition) is 0. The van der Waals surface area contributed by atoms with E-state index in [1.54, 1.807) is 27.4 Å². The van der Waals surface area contributed by atoms with Crippen LogP contribution in [-0.2, 0) is 41.5 Å². The molecule has 232 valence electrons. The molecule has 0 saturated heterocycles. The molecule has 45 heavy (non-hydrogen) atoms. The Hall–Kier alpha value is -2.44. The first-order valence-corrected chi connectivity index (χ1v) is 17.0. The fourth-order valence-electron chi connectivity index (χ4n) is 6.21. The van der Waals surface area contributed by atoms with Crippen molar-refractivity contribution in [2.45, 2.75) is 77.0 Å². The monoisotopic (exact) mass is 708 g/mol. The molecule has 0 amide bonds. The molecule has 0 bridgehead atoms. The van der Waals surface area contributed by atoms with E-state index in [0.717, 1.165) is 6.42 Å². The van der Waals surface area contributed by atoms with Gasteiger partial charge in [0.05, 0.1) is 0 Å². The maximum Gasteiger partial charge on any atom is -0.172 e. The van der Waals surface area contributed by atoms with Crippen molar-refractivity contribution in [2.75, 3.05) is 0 Å². The van der Waals surface area contributed by atoms with Gasteiger partial charge in [-0.1, -0.05) is 112 Å². The summed E-state index contributed by atoms with van der Waals surface area (Å²) in [5.41, 5.74) is 10.7. The van der Waals surface area contributed by atoms with Crippen molar-refractivity contribution in [3.8, 4) is 11.1 Å². The summed E-state index contributed by atoms with van der Waals surface area (Å²) in [6, 6.07) is 47.0. The molecular formula is C42H44Cl2Zr-2. The maximum atomic E-state index is 3.80. The molecule has 2 aliphatic carbocycles. The summed E-state index contributed by atoms with van der Waals surface area (Å²) in [6.45, 7) is 9.23. The van der Waals surface area contributed by atoms with E-state index >= 15 is 0 Å². The molecule has 1 saturated carbocycles. The average molecular weight is 711 g/mol. The molecule has 0 aromatic heterocycles. The minimum absolute atomic E-state index is 0. The Kier molecular flexibility index (Phi) is 13.9. The zero-order valence-electron chi connectivity index (χ0n) is 27.0. The Balaban J connectivity index is 0.000000330. The van der Waals surface area contributed by atoms with Crippen LogP contribution in [0.25, 0.3) is 11.1 Å². The number of rotatable bonds is 4. The predicted octanol–water partition coefficient (Wildman–Crippen LogP) is 4.79. The second-order valence-electron chi connectivity index (χ2n) is 12.9. The first-order chi connectivity index (χ1) is 20.8. The van der Waals surface area contributed by atoms with Gasteiger partial charge in [0.15, 0.2) is 0 Å². The Morgan fingerprint density at radius 2 is 1.16 bits per heavy atom. The van der Waals surface area contributed by atoms with Gasteiger partial charge in [-0.15, -0.1) is 11.1 Å². The molecule has 3 heteroatoms. The van der Waals surface area contributed by atoms with Gasteiger partial charge in [0.25, 0.3) is 0 Å². The van der Waals surface area contributed by atoms with E-state index in [4.69, 9.17) is 0 Å². The van der Waals surface area contributed by atoms with E-state index in [0.29, 0.717) is 0 Å². The number of fused-ring (bicyclic) bond motifs is 3. The van der Waals surface area contributed by atoms with Gasteiger partial charge in [-0.3, -0.25) is 0 Å². The average Bonchev–Trinajstić information content (AvgIpc) is 3.74. The quantitative estimate of drug-likeness (QED) is 0.231. The minimum Gasteiger partial charge on any atom is -0.214 e. The molecule has 5 aromatic carbocycles. The summed E-state index contributed by atoms with van der Waals surface area (Å²) < 4.78 is 1.80. The summed E-state index contributed by atoms with van der Waals surface area (Å²) in [5.74, 6) is 0. The van der Waals surface area contributed by atoms with Crippen molar-refractivity contribution in [1.29, 1.82) is 0 Å². The normalized spacial score (nSPS) is 13.4. The molecule has 0 heterocycles. The molecule has 0 aliphatic heterocycles. The van der Waals surface area contributed by atoms with E-state index in [9.17, 15) is 0 Å². The summed E-state index contributed by atoms with van der Waals surface area (Å²) in [7, 11) is 0. The third kappa shape index (κ3) is 9.10. The molecule has 2 aliphatic rings. The van der Waals surface area contributed by atoms with Crippen molar-refractivity contribution in [2.24, 2.45) is 0 Å². The number of benzene rings is 4. The second-order valence-corrected chi connectivity index (χ2v) is 14.7. The maximum absolute atomic E-state index is 3.80. The minimum atomic E-state index is -0.0640. The zero-order valence-corrected chi connectivity index (χ0v) is 31.0. The predicted molar refractivity (Wildman–Crippen MR) is 181 cm³/mol. The van der Waals surface area contributed by atoms with Crippen LogP contribution in [0.2, 0.25) is 0 Å². The van der Waals surface area contributed by atoms with E-state index in [1.165, 1.54) is 76.6 Å². The molecular weight excluding hydrogens is 667 g/mol. The fraction of sp³-hybridized carbons (Fsp3) is 0.286. The largest absolute Gasteiger partial charge is 0.214 e. The van der Waals surface area contributed by atoms with Crippen LogP contribution in [0.5, 0.6) is 0 Å². The SMILES string of the molecule is CC(C)(c1[c-]c2c(cc1)-c1ccc(C(C)(C)c3ccccc3)cc1C2)c1ccccc1.[Cl-].[Cl-].[Zr+2]=[C]1CCCCC1.c1cc[cH-]c1. The van der Waals surface area contributed by atoms with Crippen LogP contribution in [0.15, 0.2) is 121 Å². The Labute approximate surface area is 299 Å². The smallest absolute Gasteiger partial charge is 0.172 e. The molecule has 0 nitrogen and oxygen atoms in total. The molecule has 0 N–H and O–H groups in total. The summed E-state index contributed by atoms with van der Waals surface area (Å²) in [4.78, 5) is 0. The molecule has 5 aromatic rings. The van der Waals surface area contributed by atoms with Crippen molar-refractivity contribution < 1.29 is 49.0 Å². The molecule has 0 atom stereocenters. The Morgan fingerprint density at radius 1 is 0.600 bits per heavy atom. The van der Waals surface area contributed by atoms with Gasteiger partial charge in [0.2, 0.25) is 0 Å². The second kappa shape index (κ2) is 16.9. The fourth-order valence-corrected chi connectivity index (χ4v) is 7.08. The summed E-state index contributed by atoms with van der Waals surface area (Å²) >= 11 is 1.69. The molecule has 0 radical (unpaired) electrons. The molecule has 0 unspecified atom stereocenters. The first-order valence-electron chi connectivity index (χ1n) is 15.8.